The first-order valence-corrected chi connectivity index (χ1v) is 15.2. The maximum Gasteiger partial charge on any atom is 0.243 e. The predicted octanol–water partition coefficient (Wildman–Crippen LogP) is 5.27. The van der Waals surface area contributed by atoms with Crippen molar-refractivity contribution < 1.29 is 22.7 Å². The number of carbonyl (C=O) groups is 2. The number of benzene rings is 2. The highest BCUT2D eigenvalue weighted by molar-refractivity contribution is 7.92. The van der Waals surface area contributed by atoms with Gasteiger partial charge in [0.05, 0.1) is 19.1 Å². The number of ether oxygens (including phenoxy) is 1. The molecule has 2 aromatic carbocycles. The molecule has 0 unspecified atom stereocenters. The predicted molar refractivity (Wildman–Crippen MR) is 153 cm³/mol. The Morgan fingerprint density at radius 1 is 1.03 bits per heavy atom. The topological polar surface area (TPSA) is 96.0 Å². The molecular formula is C27H37Cl2N3O5S. The van der Waals surface area contributed by atoms with Gasteiger partial charge >= 0.3 is 0 Å². The zero-order valence-electron chi connectivity index (χ0n) is 22.5. The Balaban J connectivity index is 2.31. The van der Waals surface area contributed by atoms with Crippen LogP contribution in [0.15, 0.2) is 42.5 Å². The molecular weight excluding hydrogens is 549 g/mol. The van der Waals surface area contributed by atoms with E-state index in [4.69, 9.17) is 27.9 Å². The Morgan fingerprint density at radius 2 is 1.66 bits per heavy atom. The van der Waals surface area contributed by atoms with Crippen LogP contribution in [0.25, 0.3) is 0 Å². The minimum absolute atomic E-state index is 0.0103. The second-order valence-corrected chi connectivity index (χ2v) is 11.8. The molecule has 2 aromatic rings. The van der Waals surface area contributed by atoms with E-state index in [1.54, 1.807) is 42.5 Å². The molecule has 1 N–H and O–H groups in total. The number of amides is 2. The Hall–Kier alpha value is -2.49. The first kappa shape index (κ1) is 31.7. The summed E-state index contributed by atoms with van der Waals surface area (Å²) in [7, 11) is -2.18. The number of nitrogens with zero attached hydrogens (tertiary/aromatic N) is 2. The summed E-state index contributed by atoms with van der Waals surface area (Å²) in [6.07, 6.45) is 2.47. The van der Waals surface area contributed by atoms with E-state index in [1.807, 2.05) is 20.8 Å². The summed E-state index contributed by atoms with van der Waals surface area (Å²) in [6.45, 7) is 5.81. The third-order valence-electron chi connectivity index (χ3n) is 6.28. The van der Waals surface area contributed by atoms with E-state index in [0.29, 0.717) is 33.5 Å². The van der Waals surface area contributed by atoms with Gasteiger partial charge in [0.25, 0.3) is 0 Å². The summed E-state index contributed by atoms with van der Waals surface area (Å²) in [5.41, 5.74) is 0.940. The summed E-state index contributed by atoms with van der Waals surface area (Å²) in [4.78, 5) is 28.2. The van der Waals surface area contributed by atoms with Crippen LogP contribution in [0.1, 0.15) is 52.0 Å². The largest absolute Gasteiger partial charge is 0.495 e. The van der Waals surface area contributed by atoms with Crippen molar-refractivity contribution in [2.24, 2.45) is 0 Å². The van der Waals surface area contributed by atoms with Gasteiger partial charge in [0.2, 0.25) is 21.8 Å². The minimum Gasteiger partial charge on any atom is -0.495 e. The SMILES string of the molecule is CC[C@@H](C)NC(=O)[C@H](CC)N(Cc1c(Cl)cccc1Cl)C(=O)CCCN(c1ccccc1OC)S(C)(=O)=O. The third-order valence-corrected chi connectivity index (χ3v) is 8.17. The lowest BCUT2D eigenvalue weighted by Gasteiger charge is -2.32. The number of hydrogen-bond donors (Lipinski definition) is 1. The summed E-state index contributed by atoms with van der Waals surface area (Å²) >= 11 is 12.8. The average molecular weight is 587 g/mol. The number of carbonyl (C=O) groups excluding carboxylic acids is 2. The van der Waals surface area contributed by atoms with Gasteiger partial charge in [-0.05, 0) is 50.5 Å². The Morgan fingerprint density at radius 3 is 2.21 bits per heavy atom. The van der Waals surface area contributed by atoms with Crippen LogP contribution in [-0.4, -0.2) is 57.1 Å². The molecule has 8 nitrogen and oxygen atoms in total. The van der Waals surface area contributed by atoms with Gasteiger partial charge in [-0.15, -0.1) is 0 Å². The van der Waals surface area contributed by atoms with E-state index in [-0.39, 0.29) is 43.8 Å². The summed E-state index contributed by atoms with van der Waals surface area (Å²) in [5, 5.41) is 3.75. The molecule has 0 aliphatic rings. The zero-order chi connectivity index (χ0) is 28.5. The van der Waals surface area contributed by atoms with Crippen LogP contribution in [0.2, 0.25) is 10.0 Å². The van der Waals surface area contributed by atoms with E-state index in [9.17, 15) is 18.0 Å². The monoisotopic (exact) mass is 585 g/mol. The van der Waals surface area contributed by atoms with Crippen LogP contribution >= 0.6 is 23.2 Å². The maximum absolute atomic E-state index is 13.6. The van der Waals surface area contributed by atoms with Crippen molar-refractivity contribution in [3.8, 4) is 5.75 Å². The molecule has 0 spiro atoms. The molecule has 0 aliphatic carbocycles. The minimum atomic E-state index is -3.65. The lowest BCUT2D eigenvalue weighted by Crippen LogP contribution is -2.50. The zero-order valence-corrected chi connectivity index (χ0v) is 24.9. The van der Waals surface area contributed by atoms with Gasteiger partial charge in [0.1, 0.15) is 11.8 Å². The fraction of sp³-hybridized carbons (Fsp3) is 0.481. The number of halogens is 2. The Labute approximate surface area is 236 Å². The maximum atomic E-state index is 13.6. The average Bonchev–Trinajstić information content (AvgIpc) is 2.87. The molecule has 0 saturated heterocycles. The molecule has 2 rings (SSSR count). The van der Waals surface area contributed by atoms with Gasteiger partial charge in [0.15, 0.2) is 0 Å². The van der Waals surface area contributed by atoms with Crippen LogP contribution in [0, 0.1) is 0 Å². The molecule has 0 fully saturated rings. The van der Waals surface area contributed by atoms with Gasteiger partial charge in [-0.2, -0.15) is 0 Å². The summed E-state index contributed by atoms with van der Waals surface area (Å²) in [5.74, 6) is -0.155. The van der Waals surface area contributed by atoms with Gasteiger partial charge in [-0.1, -0.05) is 55.2 Å². The number of sulfonamides is 1. The van der Waals surface area contributed by atoms with E-state index < -0.39 is 16.1 Å². The van der Waals surface area contributed by atoms with E-state index >= 15 is 0 Å². The third kappa shape index (κ3) is 8.51. The van der Waals surface area contributed by atoms with Crippen LogP contribution in [0.3, 0.4) is 0 Å². The second kappa shape index (κ2) is 14.6. The first-order chi connectivity index (χ1) is 17.9. The molecule has 2 atom stereocenters. The quantitative estimate of drug-likeness (QED) is 0.326. The molecule has 0 bridgehead atoms. The smallest absolute Gasteiger partial charge is 0.243 e. The molecule has 210 valence electrons. The number of nitrogens with one attached hydrogen (secondary N) is 1. The first-order valence-electron chi connectivity index (χ1n) is 12.6. The standard InChI is InChI=1S/C27H37Cl2N3O5S/c1-6-19(3)30-27(34)23(7-2)31(18-20-21(28)12-10-13-22(20)29)26(33)16-11-17-32(38(5,35)36)24-14-8-9-15-25(24)37-4/h8-10,12-15,19,23H,6-7,11,16-18H2,1-5H3,(H,30,34)/t19-,23+/m1/s1. The molecule has 0 aromatic heterocycles. The molecule has 0 aliphatic heterocycles. The Bertz CT molecular complexity index is 1190. The van der Waals surface area contributed by atoms with E-state index in [0.717, 1.165) is 12.7 Å². The van der Waals surface area contributed by atoms with Crippen molar-refractivity contribution in [1.29, 1.82) is 0 Å². The van der Waals surface area contributed by atoms with Gasteiger partial charge in [-0.3, -0.25) is 13.9 Å². The van der Waals surface area contributed by atoms with Gasteiger partial charge in [-0.25, -0.2) is 8.42 Å². The van der Waals surface area contributed by atoms with Crippen molar-refractivity contribution in [2.45, 2.75) is 65.1 Å². The van der Waals surface area contributed by atoms with Crippen molar-refractivity contribution >= 4 is 50.7 Å². The highest BCUT2D eigenvalue weighted by Gasteiger charge is 2.30. The van der Waals surface area contributed by atoms with Crippen molar-refractivity contribution in [3.05, 3.63) is 58.1 Å². The number of para-hydroxylation sites is 2. The number of methoxy groups -OCH3 is 1. The van der Waals surface area contributed by atoms with E-state index in [2.05, 4.69) is 5.32 Å². The van der Waals surface area contributed by atoms with Crippen molar-refractivity contribution in [1.82, 2.24) is 10.2 Å². The fourth-order valence-corrected chi connectivity index (χ4v) is 5.52. The van der Waals surface area contributed by atoms with E-state index in [1.165, 1.54) is 16.3 Å². The Kier molecular flexibility index (Phi) is 12.2. The lowest BCUT2D eigenvalue weighted by molar-refractivity contribution is -0.141. The number of hydrogen-bond acceptors (Lipinski definition) is 5. The molecule has 11 heteroatoms. The highest BCUT2D eigenvalue weighted by Crippen LogP contribution is 2.30. The van der Waals surface area contributed by atoms with Crippen molar-refractivity contribution in [3.63, 3.8) is 0 Å². The van der Waals surface area contributed by atoms with Crippen molar-refractivity contribution in [2.75, 3.05) is 24.2 Å². The number of anilines is 1. The normalized spacial score (nSPS) is 12.9. The molecule has 0 saturated carbocycles. The molecule has 0 heterocycles. The lowest BCUT2D eigenvalue weighted by atomic mass is 10.1. The molecule has 0 radical (unpaired) electrons. The second-order valence-electron chi connectivity index (χ2n) is 9.07. The van der Waals surface area contributed by atoms with Crippen LogP contribution in [-0.2, 0) is 26.2 Å². The van der Waals surface area contributed by atoms with Crippen LogP contribution < -0.4 is 14.4 Å². The fourth-order valence-electron chi connectivity index (χ4n) is 4.03. The summed E-state index contributed by atoms with van der Waals surface area (Å²) in [6, 6.07) is 11.1. The number of rotatable bonds is 14. The molecule has 2 amide bonds. The van der Waals surface area contributed by atoms with Crippen LogP contribution in [0.5, 0.6) is 5.75 Å². The summed E-state index contributed by atoms with van der Waals surface area (Å²) < 4.78 is 31.7. The molecule has 38 heavy (non-hydrogen) atoms. The van der Waals surface area contributed by atoms with Gasteiger partial charge in [0, 0.05) is 41.2 Å². The van der Waals surface area contributed by atoms with Gasteiger partial charge < -0.3 is 15.0 Å². The van der Waals surface area contributed by atoms with Crippen LogP contribution in [0.4, 0.5) is 5.69 Å². The highest BCUT2D eigenvalue weighted by atomic mass is 35.5.